The second-order valence-electron chi connectivity index (χ2n) is 3.33. The number of rotatable bonds is 3. The lowest BCUT2D eigenvalue weighted by atomic mass is 10.1. The average Bonchev–Trinajstić information content (AvgIpc) is 2.66. The van der Waals surface area contributed by atoms with Gasteiger partial charge in [-0.3, -0.25) is 4.98 Å². The fourth-order valence-electron chi connectivity index (χ4n) is 1.35. The first-order valence-electron chi connectivity index (χ1n) is 4.75. The third-order valence-corrected chi connectivity index (χ3v) is 2.90. The lowest BCUT2D eigenvalue weighted by Crippen LogP contribution is -2.03. The molecule has 4 heteroatoms. The molecule has 0 amide bonds. The van der Waals surface area contributed by atoms with Gasteiger partial charge in [-0.1, -0.05) is 6.07 Å². The van der Waals surface area contributed by atoms with Crippen molar-refractivity contribution >= 4 is 11.3 Å². The second kappa shape index (κ2) is 4.51. The zero-order valence-electron chi connectivity index (χ0n) is 8.42. The molecule has 0 saturated heterocycles. The van der Waals surface area contributed by atoms with Gasteiger partial charge >= 0.3 is 0 Å². The number of aryl methyl sites for hydroxylation is 1. The number of thiazole rings is 1. The molecule has 1 unspecified atom stereocenters. The molecule has 1 N–H and O–H groups in total. The first-order chi connectivity index (χ1) is 7.25. The molecule has 0 aliphatic carbocycles. The maximum atomic E-state index is 9.89. The van der Waals surface area contributed by atoms with E-state index in [0.29, 0.717) is 6.42 Å². The molecular weight excluding hydrogens is 208 g/mol. The van der Waals surface area contributed by atoms with Crippen LogP contribution in [-0.2, 0) is 6.42 Å². The van der Waals surface area contributed by atoms with Gasteiger partial charge in [0.2, 0.25) is 0 Å². The van der Waals surface area contributed by atoms with Gasteiger partial charge in [-0.05, 0) is 19.1 Å². The molecule has 0 aromatic carbocycles. The van der Waals surface area contributed by atoms with Crippen molar-refractivity contribution in [3.05, 3.63) is 46.2 Å². The van der Waals surface area contributed by atoms with Crippen molar-refractivity contribution in [1.29, 1.82) is 0 Å². The van der Waals surface area contributed by atoms with Crippen molar-refractivity contribution in [2.75, 3.05) is 0 Å². The molecule has 3 nitrogen and oxygen atoms in total. The molecule has 15 heavy (non-hydrogen) atoms. The van der Waals surface area contributed by atoms with Crippen molar-refractivity contribution in [2.24, 2.45) is 0 Å². The summed E-state index contributed by atoms with van der Waals surface area (Å²) in [5.74, 6) is 0. The Balaban J connectivity index is 2.07. The molecule has 0 radical (unpaired) electrons. The number of aromatic nitrogens is 2. The van der Waals surface area contributed by atoms with Crippen LogP contribution in [0.5, 0.6) is 0 Å². The maximum Gasteiger partial charge on any atom is 0.102 e. The van der Waals surface area contributed by atoms with E-state index < -0.39 is 6.10 Å². The standard InChI is InChI=1S/C11H12N2OS/c1-8-13-10(7-15-8)11(14)6-9-4-2-3-5-12-9/h2-5,7,11,14H,6H2,1H3. The van der Waals surface area contributed by atoms with Crippen LogP contribution in [0.25, 0.3) is 0 Å². The molecule has 2 aromatic rings. The van der Waals surface area contributed by atoms with Crippen molar-refractivity contribution in [3.8, 4) is 0 Å². The summed E-state index contributed by atoms with van der Waals surface area (Å²) in [6, 6.07) is 5.69. The molecule has 78 valence electrons. The quantitative estimate of drug-likeness (QED) is 0.861. The summed E-state index contributed by atoms with van der Waals surface area (Å²) < 4.78 is 0. The van der Waals surface area contributed by atoms with Crippen molar-refractivity contribution in [2.45, 2.75) is 19.4 Å². The number of hydrogen-bond acceptors (Lipinski definition) is 4. The SMILES string of the molecule is Cc1nc(C(O)Cc2ccccn2)cs1. The summed E-state index contributed by atoms with van der Waals surface area (Å²) >= 11 is 1.55. The molecule has 0 saturated carbocycles. The Bertz CT molecular complexity index is 427. The van der Waals surface area contributed by atoms with Gasteiger partial charge in [-0.2, -0.15) is 0 Å². The topological polar surface area (TPSA) is 46.0 Å². The minimum absolute atomic E-state index is 0.518. The van der Waals surface area contributed by atoms with E-state index in [2.05, 4.69) is 9.97 Å². The Hall–Kier alpha value is -1.26. The van der Waals surface area contributed by atoms with Gasteiger partial charge < -0.3 is 5.11 Å². The number of aliphatic hydroxyl groups is 1. The van der Waals surface area contributed by atoms with Crippen LogP contribution in [0.15, 0.2) is 29.8 Å². The summed E-state index contributed by atoms with van der Waals surface area (Å²) in [5.41, 5.74) is 1.62. The highest BCUT2D eigenvalue weighted by molar-refractivity contribution is 7.09. The minimum atomic E-state index is -0.551. The maximum absolute atomic E-state index is 9.89. The zero-order valence-corrected chi connectivity index (χ0v) is 9.24. The Morgan fingerprint density at radius 1 is 1.47 bits per heavy atom. The molecule has 2 aromatic heterocycles. The molecule has 0 fully saturated rings. The van der Waals surface area contributed by atoms with Crippen LogP contribution in [0.2, 0.25) is 0 Å². The summed E-state index contributed by atoms with van der Waals surface area (Å²) in [6.07, 6.45) is 1.70. The van der Waals surface area contributed by atoms with E-state index >= 15 is 0 Å². The number of pyridine rings is 1. The van der Waals surface area contributed by atoms with E-state index in [4.69, 9.17) is 0 Å². The molecule has 1 atom stereocenters. The highest BCUT2D eigenvalue weighted by Crippen LogP contribution is 2.19. The molecule has 0 aliphatic heterocycles. The fourth-order valence-corrected chi connectivity index (χ4v) is 2.01. The summed E-state index contributed by atoms with van der Waals surface area (Å²) in [6.45, 7) is 1.93. The van der Waals surface area contributed by atoms with E-state index in [1.807, 2.05) is 30.5 Å². The van der Waals surface area contributed by atoms with E-state index in [0.717, 1.165) is 16.4 Å². The van der Waals surface area contributed by atoms with E-state index in [1.54, 1.807) is 17.5 Å². The van der Waals surface area contributed by atoms with Crippen LogP contribution in [0, 0.1) is 6.92 Å². The number of nitrogens with zero attached hydrogens (tertiary/aromatic N) is 2. The van der Waals surface area contributed by atoms with Gasteiger partial charge in [-0.25, -0.2) is 4.98 Å². The normalized spacial score (nSPS) is 12.7. The first kappa shape index (κ1) is 10.3. The minimum Gasteiger partial charge on any atom is -0.386 e. The van der Waals surface area contributed by atoms with Gasteiger partial charge in [0.15, 0.2) is 0 Å². The van der Waals surface area contributed by atoms with Gasteiger partial charge in [0.25, 0.3) is 0 Å². The molecule has 0 spiro atoms. The van der Waals surface area contributed by atoms with E-state index in [-0.39, 0.29) is 0 Å². The molecular formula is C11H12N2OS. The lowest BCUT2D eigenvalue weighted by Gasteiger charge is -2.06. The van der Waals surface area contributed by atoms with Crippen LogP contribution in [0.4, 0.5) is 0 Å². The predicted molar refractivity (Wildman–Crippen MR) is 59.8 cm³/mol. The average molecular weight is 220 g/mol. The monoisotopic (exact) mass is 220 g/mol. The molecule has 0 bridgehead atoms. The number of hydrogen-bond donors (Lipinski definition) is 1. The largest absolute Gasteiger partial charge is 0.386 e. The Labute approximate surface area is 92.5 Å². The zero-order chi connectivity index (χ0) is 10.7. The van der Waals surface area contributed by atoms with Crippen LogP contribution in [-0.4, -0.2) is 15.1 Å². The smallest absolute Gasteiger partial charge is 0.102 e. The Morgan fingerprint density at radius 3 is 2.93 bits per heavy atom. The third-order valence-electron chi connectivity index (χ3n) is 2.11. The van der Waals surface area contributed by atoms with Crippen LogP contribution >= 0.6 is 11.3 Å². The van der Waals surface area contributed by atoms with Gasteiger partial charge in [0, 0.05) is 23.7 Å². The molecule has 2 rings (SSSR count). The van der Waals surface area contributed by atoms with E-state index in [9.17, 15) is 5.11 Å². The van der Waals surface area contributed by atoms with Gasteiger partial charge in [0.1, 0.15) is 6.10 Å². The Morgan fingerprint density at radius 2 is 2.33 bits per heavy atom. The summed E-state index contributed by atoms with van der Waals surface area (Å²) in [4.78, 5) is 8.41. The van der Waals surface area contributed by atoms with Crippen molar-refractivity contribution < 1.29 is 5.11 Å². The van der Waals surface area contributed by atoms with Crippen molar-refractivity contribution in [1.82, 2.24) is 9.97 Å². The number of aliphatic hydroxyl groups excluding tert-OH is 1. The fraction of sp³-hybridized carbons (Fsp3) is 0.273. The van der Waals surface area contributed by atoms with Gasteiger partial charge in [-0.15, -0.1) is 11.3 Å². The third kappa shape index (κ3) is 2.61. The highest BCUT2D eigenvalue weighted by atomic mass is 32.1. The second-order valence-corrected chi connectivity index (χ2v) is 4.39. The highest BCUT2D eigenvalue weighted by Gasteiger charge is 2.11. The van der Waals surface area contributed by atoms with Crippen molar-refractivity contribution in [3.63, 3.8) is 0 Å². The molecule has 2 heterocycles. The van der Waals surface area contributed by atoms with Gasteiger partial charge in [0.05, 0.1) is 10.7 Å². The van der Waals surface area contributed by atoms with E-state index in [1.165, 1.54) is 0 Å². The predicted octanol–water partition coefficient (Wildman–Crippen LogP) is 2.12. The lowest BCUT2D eigenvalue weighted by molar-refractivity contribution is 0.173. The van der Waals surface area contributed by atoms with Crippen LogP contribution in [0.3, 0.4) is 0 Å². The summed E-state index contributed by atoms with van der Waals surface area (Å²) in [5, 5.41) is 12.8. The molecule has 0 aliphatic rings. The van der Waals surface area contributed by atoms with Crippen LogP contribution < -0.4 is 0 Å². The van der Waals surface area contributed by atoms with Crippen LogP contribution in [0.1, 0.15) is 22.5 Å². The first-order valence-corrected chi connectivity index (χ1v) is 5.63. The Kier molecular flexibility index (Phi) is 3.08. The summed E-state index contributed by atoms with van der Waals surface area (Å²) in [7, 11) is 0.